The van der Waals surface area contributed by atoms with Gasteiger partial charge >= 0.3 is 0 Å². The van der Waals surface area contributed by atoms with Gasteiger partial charge in [-0.3, -0.25) is 9.59 Å². The first-order valence-electron chi connectivity index (χ1n) is 6.07. The summed E-state index contributed by atoms with van der Waals surface area (Å²) in [4.78, 5) is 24.7. The molecule has 8 heteroatoms. The fraction of sp³-hybridized carbons (Fsp3) is 0.250. The van der Waals surface area contributed by atoms with Gasteiger partial charge in [0.2, 0.25) is 5.12 Å². The lowest BCUT2D eigenvalue weighted by molar-refractivity contribution is -0.112. The molecule has 0 saturated carbocycles. The fourth-order valence-electron chi connectivity index (χ4n) is 1.83. The molecule has 1 atom stereocenters. The average molecular weight is 289 g/mol. The van der Waals surface area contributed by atoms with Crippen LogP contribution in [0.15, 0.2) is 30.3 Å². The van der Waals surface area contributed by atoms with Gasteiger partial charge in [-0.15, -0.1) is 15.0 Å². The maximum absolute atomic E-state index is 11.9. The van der Waals surface area contributed by atoms with Crippen molar-refractivity contribution < 1.29 is 9.59 Å². The van der Waals surface area contributed by atoms with Crippen LogP contribution in [0.3, 0.4) is 0 Å². The quantitative estimate of drug-likeness (QED) is 0.881. The largest absolute Gasteiger partial charge is 0.338 e. The Morgan fingerprint density at radius 1 is 1.35 bits per heavy atom. The minimum absolute atomic E-state index is 0.0196. The lowest BCUT2D eigenvalue weighted by Gasteiger charge is -2.06. The second kappa shape index (κ2) is 5.41. The number of carbonyl (C=O) groups excluding carboxylic acids is 2. The molecular formula is C12H11N5O2S. The van der Waals surface area contributed by atoms with E-state index in [1.807, 2.05) is 18.2 Å². The first-order valence-corrected chi connectivity index (χ1v) is 7.05. The summed E-state index contributed by atoms with van der Waals surface area (Å²) in [6, 6.07) is 8.72. The molecule has 7 nitrogen and oxygen atoms in total. The number of nitrogens with one attached hydrogen (secondary N) is 1. The number of para-hydroxylation sites is 1. The first-order chi connectivity index (χ1) is 9.74. The Morgan fingerprint density at radius 2 is 2.15 bits per heavy atom. The highest BCUT2D eigenvalue weighted by Gasteiger charge is 2.28. The maximum atomic E-state index is 11.9. The Kier molecular flexibility index (Phi) is 3.46. The second-order valence-corrected chi connectivity index (χ2v) is 5.32. The minimum atomic E-state index is -0.479. The summed E-state index contributed by atoms with van der Waals surface area (Å²) in [7, 11) is 0. The SMILES string of the molecule is O=C(N[C@H]1CCSC1=O)c1nnn(-c2ccccc2)n1. The van der Waals surface area contributed by atoms with Gasteiger partial charge in [-0.2, -0.15) is 0 Å². The van der Waals surface area contributed by atoms with Crippen molar-refractivity contribution in [2.45, 2.75) is 12.5 Å². The van der Waals surface area contributed by atoms with E-state index in [-0.39, 0.29) is 10.9 Å². The number of aromatic nitrogens is 4. The van der Waals surface area contributed by atoms with Crippen molar-refractivity contribution in [3.05, 3.63) is 36.2 Å². The number of thioether (sulfide) groups is 1. The molecule has 1 aliphatic heterocycles. The van der Waals surface area contributed by atoms with Crippen LogP contribution in [0.5, 0.6) is 0 Å². The predicted octanol–water partition coefficient (Wildman–Crippen LogP) is 0.424. The van der Waals surface area contributed by atoms with Crippen LogP contribution in [-0.4, -0.2) is 43.0 Å². The number of hydrogen-bond donors (Lipinski definition) is 1. The summed E-state index contributed by atoms with van der Waals surface area (Å²) < 4.78 is 0. The highest BCUT2D eigenvalue weighted by molar-refractivity contribution is 8.14. The number of carbonyl (C=O) groups is 2. The minimum Gasteiger partial charge on any atom is -0.338 e. The molecule has 1 aliphatic rings. The molecular weight excluding hydrogens is 278 g/mol. The van der Waals surface area contributed by atoms with Crippen LogP contribution in [0.1, 0.15) is 17.0 Å². The molecule has 1 aromatic carbocycles. The summed E-state index contributed by atoms with van der Waals surface area (Å²) in [6.45, 7) is 0. The van der Waals surface area contributed by atoms with Gasteiger partial charge < -0.3 is 5.32 Å². The Bertz CT molecular complexity index is 642. The first kappa shape index (κ1) is 12.8. The van der Waals surface area contributed by atoms with Gasteiger partial charge in [0.1, 0.15) is 0 Å². The zero-order chi connectivity index (χ0) is 13.9. The van der Waals surface area contributed by atoms with Gasteiger partial charge in [0.05, 0.1) is 11.7 Å². The standard InChI is InChI=1S/C12H11N5O2S/c18-11(13-9-6-7-20-12(9)19)10-14-16-17(15-10)8-4-2-1-3-5-8/h1-5,9H,6-7H2,(H,13,18)/t9-/m0/s1. The molecule has 2 heterocycles. The average Bonchev–Trinajstić information content (AvgIpc) is 3.10. The van der Waals surface area contributed by atoms with Crippen molar-refractivity contribution in [2.24, 2.45) is 0 Å². The van der Waals surface area contributed by atoms with E-state index in [1.54, 1.807) is 12.1 Å². The summed E-state index contributed by atoms with van der Waals surface area (Å²) in [5.74, 6) is 0.208. The molecule has 3 rings (SSSR count). The molecule has 0 radical (unpaired) electrons. The van der Waals surface area contributed by atoms with Gasteiger partial charge in [-0.1, -0.05) is 30.0 Å². The lowest BCUT2D eigenvalue weighted by atomic mass is 10.2. The van der Waals surface area contributed by atoms with Crippen LogP contribution in [0.25, 0.3) is 5.69 Å². The molecule has 1 aromatic heterocycles. The number of nitrogens with zero attached hydrogens (tertiary/aromatic N) is 4. The van der Waals surface area contributed by atoms with Crippen LogP contribution >= 0.6 is 11.8 Å². The van der Waals surface area contributed by atoms with E-state index >= 15 is 0 Å². The molecule has 0 aliphatic carbocycles. The second-order valence-electron chi connectivity index (χ2n) is 4.22. The summed E-state index contributed by atoms with van der Waals surface area (Å²) in [5.41, 5.74) is 0.714. The van der Waals surface area contributed by atoms with Gasteiger partial charge in [-0.25, -0.2) is 0 Å². The van der Waals surface area contributed by atoms with Crippen molar-refractivity contribution in [1.29, 1.82) is 0 Å². The molecule has 2 aromatic rings. The van der Waals surface area contributed by atoms with Crippen molar-refractivity contribution in [3.8, 4) is 5.69 Å². The number of tetrazole rings is 1. The fourth-order valence-corrected chi connectivity index (χ4v) is 2.76. The summed E-state index contributed by atoms with van der Waals surface area (Å²) in [5, 5.41) is 14.2. The highest BCUT2D eigenvalue weighted by Crippen LogP contribution is 2.19. The molecule has 102 valence electrons. The Labute approximate surface area is 118 Å². The van der Waals surface area contributed by atoms with Crippen molar-refractivity contribution >= 4 is 22.8 Å². The lowest BCUT2D eigenvalue weighted by Crippen LogP contribution is -2.37. The van der Waals surface area contributed by atoms with Crippen LogP contribution in [0.2, 0.25) is 0 Å². The zero-order valence-corrected chi connectivity index (χ0v) is 11.2. The molecule has 20 heavy (non-hydrogen) atoms. The number of hydrogen-bond acceptors (Lipinski definition) is 6. The van der Waals surface area contributed by atoms with Crippen molar-refractivity contribution in [2.75, 3.05) is 5.75 Å². The molecule has 1 amide bonds. The molecule has 1 fully saturated rings. The normalized spacial score (nSPS) is 18.2. The van der Waals surface area contributed by atoms with E-state index in [0.29, 0.717) is 12.1 Å². The topological polar surface area (TPSA) is 89.8 Å². The monoisotopic (exact) mass is 289 g/mol. The molecule has 1 N–H and O–H groups in total. The predicted molar refractivity (Wildman–Crippen MR) is 72.5 cm³/mol. The Hall–Kier alpha value is -2.22. The zero-order valence-electron chi connectivity index (χ0n) is 10.4. The smallest absolute Gasteiger partial charge is 0.293 e. The van der Waals surface area contributed by atoms with Crippen molar-refractivity contribution in [1.82, 2.24) is 25.5 Å². The van der Waals surface area contributed by atoms with Crippen LogP contribution in [0, 0.1) is 0 Å². The van der Waals surface area contributed by atoms with E-state index in [0.717, 1.165) is 5.75 Å². The maximum Gasteiger partial charge on any atom is 0.293 e. The molecule has 0 bridgehead atoms. The Morgan fingerprint density at radius 3 is 2.85 bits per heavy atom. The van der Waals surface area contributed by atoms with Gasteiger partial charge in [0.25, 0.3) is 11.7 Å². The van der Waals surface area contributed by atoms with Crippen LogP contribution in [0.4, 0.5) is 0 Å². The third-order valence-corrected chi connectivity index (χ3v) is 3.85. The van der Waals surface area contributed by atoms with E-state index in [9.17, 15) is 9.59 Å². The highest BCUT2D eigenvalue weighted by atomic mass is 32.2. The third-order valence-electron chi connectivity index (χ3n) is 2.84. The molecule has 0 unspecified atom stereocenters. The summed E-state index contributed by atoms with van der Waals surface area (Å²) >= 11 is 1.23. The van der Waals surface area contributed by atoms with Crippen LogP contribution < -0.4 is 5.32 Å². The van der Waals surface area contributed by atoms with Crippen molar-refractivity contribution in [3.63, 3.8) is 0 Å². The van der Waals surface area contributed by atoms with E-state index in [2.05, 4.69) is 20.7 Å². The van der Waals surface area contributed by atoms with Crippen LogP contribution in [-0.2, 0) is 4.79 Å². The molecule has 0 spiro atoms. The van der Waals surface area contributed by atoms with Gasteiger partial charge in [0.15, 0.2) is 0 Å². The summed E-state index contributed by atoms with van der Waals surface area (Å²) in [6.07, 6.45) is 0.641. The van der Waals surface area contributed by atoms with Gasteiger partial charge in [-0.05, 0) is 23.8 Å². The molecule has 1 saturated heterocycles. The van der Waals surface area contributed by atoms with E-state index in [1.165, 1.54) is 16.6 Å². The Balaban J connectivity index is 1.73. The number of rotatable bonds is 3. The number of amides is 1. The number of benzene rings is 1. The van der Waals surface area contributed by atoms with Gasteiger partial charge in [0, 0.05) is 5.75 Å². The van der Waals surface area contributed by atoms with E-state index < -0.39 is 11.9 Å². The van der Waals surface area contributed by atoms with E-state index in [4.69, 9.17) is 0 Å². The third kappa shape index (κ3) is 2.55.